The summed E-state index contributed by atoms with van der Waals surface area (Å²) in [6.07, 6.45) is 1.63. The number of esters is 1. The number of aromatic nitrogens is 1. The summed E-state index contributed by atoms with van der Waals surface area (Å²) in [4.78, 5) is 21.1. The molecule has 0 spiro atoms. The summed E-state index contributed by atoms with van der Waals surface area (Å²) >= 11 is 0. The number of hydrogen-bond donors (Lipinski definition) is 2. The van der Waals surface area contributed by atoms with Gasteiger partial charge in [-0.15, -0.1) is 24.0 Å². The first-order valence-corrected chi connectivity index (χ1v) is 9.91. The predicted molar refractivity (Wildman–Crippen MR) is 133 cm³/mol. The minimum Gasteiger partial charge on any atom is -0.496 e. The van der Waals surface area contributed by atoms with E-state index >= 15 is 0 Å². The topological polar surface area (TPSA) is 98.0 Å². The molecule has 0 unspecified atom stereocenters. The van der Waals surface area contributed by atoms with Crippen molar-refractivity contribution in [1.82, 2.24) is 15.6 Å². The minimum atomic E-state index is -0.451. The highest BCUT2D eigenvalue weighted by Gasteiger charge is 2.13. The lowest BCUT2D eigenvalue weighted by Crippen LogP contribution is -2.36. The number of benzene rings is 2. The number of oxazole rings is 1. The average Bonchev–Trinajstić information content (AvgIpc) is 3.30. The number of carbonyl (C=O) groups excluding carboxylic acids is 1. The second-order valence-corrected chi connectivity index (χ2v) is 6.58. The van der Waals surface area contributed by atoms with Crippen LogP contribution in [0.15, 0.2) is 64.2 Å². The van der Waals surface area contributed by atoms with Crippen LogP contribution < -0.4 is 15.4 Å². The lowest BCUT2D eigenvalue weighted by Gasteiger charge is -2.11. The first-order valence-electron chi connectivity index (χ1n) is 9.91. The van der Waals surface area contributed by atoms with Gasteiger partial charge in [-0.1, -0.05) is 24.3 Å². The molecule has 2 aromatic carbocycles. The van der Waals surface area contributed by atoms with E-state index in [0.717, 1.165) is 16.8 Å². The first kappa shape index (κ1) is 25.2. The third-order valence-corrected chi connectivity index (χ3v) is 4.44. The maximum Gasteiger partial charge on any atom is 0.341 e. The number of ether oxygens (including phenoxy) is 2. The van der Waals surface area contributed by atoms with Crippen LogP contribution in [0.3, 0.4) is 0 Å². The Labute approximate surface area is 204 Å². The van der Waals surface area contributed by atoms with E-state index in [9.17, 15) is 4.79 Å². The summed E-state index contributed by atoms with van der Waals surface area (Å²) < 4.78 is 15.6. The van der Waals surface area contributed by atoms with Gasteiger partial charge in [0.2, 0.25) is 5.89 Å². The summed E-state index contributed by atoms with van der Waals surface area (Å²) in [6, 6.07) is 15.1. The number of rotatable bonds is 8. The maximum atomic E-state index is 12.0. The average molecular weight is 550 g/mol. The zero-order valence-electron chi connectivity index (χ0n) is 18.3. The van der Waals surface area contributed by atoms with Crippen LogP contribution in [-0.4, -0.2) is 37.7 Å². The smallest absolute Gasteiger partial charge is 0.341 e. The van der Waals surface area contributed by atoms with Crippen LogP contribution in [-0.2, 0) is 17.8 Å². The van der Waals surface area contributed by atoms with Crippen molar-refractivity contribution in [2.24, 2.45) is 4.99 Å². The molecule has 0 radical (unpaired) electrons. The molecule has 1 aromatic heterocycles. The molecule has 32 heavy (non-hydrogen) atoms. The summed E-state index contributed by atoms with van der Waals surface area (Å²) in [5.74, 6) is 1.22. The Hall–Kier alpha value is -3.08. The first-order chi connectivity index (χ1) is 15.1. The number of guanidine groups is 1. The normalized spacial score (nSPS) is 10.8. The molecule has 1 heterocycles. The third kappa shape index (κ3) is 6.71. The molecular weight excluding hydrogens is 523 g/mol. The zero-order valence-corrected chi connectivity index (χ0v) is 20.6. The lowest BCUT2D eigenvalue weighted by molar-refractivity contribution is 0.0597. The van der Waals surface area contributed by atoms with E-state index in [1.165, 1.54) is 14.2 Å². The zero-order chi connectivity index (χ0) is 22.1. The summed E-state index contributed by atoms with van der Waals surface area (Å²) in [5.41, 5.74) is 2.91. The van der Waals surface area contributed by atoms with Crippen LogP contribution in [0.2, 0.25) is 0 Å². The molecule has 0 fully saturated rings. The Morgan fingerprint density at radius 1 is 1.12 bits per heavy atom. The molecule has 3 aromatic rings. The van der Waals surface area contributed by atoms with E-state index in [1.807, 2.05) is 43.3 Å². The number of aliphatic imine (C=N–C) groups is 1. The molecule has 3 rings (SSSR count). The molecule has 9 heteroatoms. The Kier molecular flexibility index (Phi) is 9.99. The standard InChI is InChI=1S/C23H26N4O4.HI/c1-4-24-23(25-13-16-10-11-20(29-2)19(12-16)22(28)30-3)26-14-18-15-31-21(27-18)17-8-6-5-7-9-17;/h5-12,15H,4,13-14H2,1-3H3,(H2,24,25,26);1H. The number of nitrogens with zero attached hydrogens (tertiary/aromatic N) is 2. The molecule has 0 aliphatic heterocycles. The molecule has 2 N–H and O–H groups in total. The Morgan fingerprint density at radius 3 is 2.59 bits per heavy atom. The highest BCUT2D eigenvalue weighted by molar-refractivity contribution is 14.0. The second kappa shape index (κ2) is 12.7. The predicted octanol–water partition coefficient (Wildman–Crippen LogP) is 4.01. The number of carbonyl (C=O) groups is 1. The molecule has 0 aliphatic carbocycles. The highest BCUT2D eigenvalue weighted by atomic mass is 127. The lowest BCUT2D eigenvalue weighted by atomic mass is 10.1. The van der Waals surface area contributed by atoms with Crippen molar-refractivity contribution in [3.8, 4) is 17.2 Å². The molecule has 0 saturated heterocycles. The van der Waals surface area contributed by atoms with Gasteiger partial charge in [0.15, 0.2) is 5.96 Å². The Balaban J connectivity index is 0.00000363. The van der Waals surface area contributed by atoms with Crippen LogP contribution in [0.25, 0.3) is 11.5 Å². The Morgan fingerprint density at radius 2 is 1.91 bits per heavy atom. The van der Waals surface area contributed by atoms with Gasteiger partial charge in [0.05, 0.1) is 33.0 Å². The fraction of sp³-hybridized carbons (Fsp3) is 0.261. The summed E-state index contributed by atoms with van der Waals surface area (Å²) in [5, 5.41) is 6.44. The van der Waals surface area contributed by atoms with E-state index in [0.29, 0.717) is 42.8 Å². The van der Waals surface area contributed by atoms with Crippen molar-refractivity contribution in [3.63, 3.8) is 0 Å². The highest BCUT2D eigenvalue weighted by Crippen LogP contribution is 2.21. The maximum absolute atomic E-state index is 12.0. The van der Waals surface area contributed by atoms with Crippen LogP contribution in [0, 0.1) is 0 Å². The van der Waals surface area contributed by atoms with E-state index in [2.05, 4.69) is 20.6 Å². The molecule has 0 aliphatic rings. The van der Waals surface area contributed by atoms with Gasteiger partial charge in [0, 0.05) is 12.1 Å². The van der Waals surface area contributed by atoms with Gasteiger partial charge >= 0.3 is 5.97 Å². The van der Waals surface area contributed by atoms with Gasteiger partial charge < -0.3 is 24.5 Å². The van der Waals surface area contributed by atoms with Crippen molar-refractivity contribution < 1.29 is 18.7 Å². The van der Waals surface area contributed by atoms with Crippen molar-refractivity contribution in [2.75, 3.05) is 20.8 Å². The molecule has 0 atom stereocenters. The fourth-order valence-electron chi connectivity index (χ4n) is 2.91. The number of methoxy groups -OCH3 is 2. The SMILES string of the molecule is CCNC(=NCc1ccc(OC)c(C(=O)OC)c1)NCc1coc(-c2ccccc2)n1.I. The monoisotopic (exact) mass is 550 g/mol. The van der Waals surface area contributed by atoms with Gasteiger partial charge in [0.25, 0.3) is 0 Å². The van der Waals surface area contributed by atoms with Crippen molar-refractivity contribution in [1.29, 1.82) is 0 Å². The van der Waals surface area contributed by atoms with Gasteiger partial charge in [-0.25, -0.2) is 14.8 Å². The molecule has 0 amide bonds. The van der Waals surface area contributed by atoms with Crippen LogP contribution in [0.4, 0.5) is 0 Å². The van der Waals surface area contributed by atoms with Crippen molar-refractivity contribution >= 4 is 35.9 Å². The van der Waals surface area contributed by atoms with E-state index in [-0.39, 0.29) is 24.0 Å². The third-order valence-electron chi connectivity index (χ3n) is 4.44. The van der Waals surface area contributed by atoms with Gasteiger partial charge in [0.1, 0.15) is 17.6 Å². The largest absolute Gasteiger partial charge is 0.496 e. The molecule has 0 bridgehead atoms. The van der Waals surface area contributed by atoms with Crippen LogP contribution in [0.1, 0.15) is 28.5 Å². The number of halogens is 1. The number of hydrogen-bond acceptors (Lipinski definition) is 6. The minimum absolute atomic E-state index is 0. The second-order valence-electron chi connectivity index (χ2n) is 6.58. The summed E-state index contributed by atoms with van der Waals surface area (Å²) in [6.45, 7) is 3.52. The quantitative estimate of drug-likeness (QED) is 0.189. The fourth-order valence-corrected chi connectivity index (χ4v) is 2.91. The van der Waals surface area contributed by atoms with E-state index < -0.39 is 5.97 Å². The van der Waals surface area contributed by atoms with E-state index in [1.54, 1.807) is 18.4 Å². The van der Waals surface area contributed by atoms with Gasteiger partial charge in [-0.3, -0.25) is 0 Å². The van der Waals surface area contributed by atoms with Crippen LogP contribution >= 0.6 is 24.0 Å². The van der Waals surface area contributed by atoms with Gasteiger partial charge in [-0.05, 0) is 36.8 Å². The van der Waals surface area contributed by atoms with Crippen LogP contribution in [0.5, 0.6) is 5.75 Å². The Bertz CT molecular complexity index is 1040. The molecular formula is C23H27IN4O4. The van der Waals surface area contributed by atoms with E-state index in [4.69, 9.17) is 13.9 Å². The molecule has 170 valence electrons. The van der Waals surface area contributed by atoms with Crippen molar-refractivity contribution in [3.05, 3.63) is 71.6 Å². The van der Waals surface area contributed by atoms with Crippen molar-refractivity contribution in [2.45, 2.75) is 20.0 Å². The summed E-state index contributed by atoms with van der Waals surface area (Å²) in [7, 11) is 2.85. The molecule has 0 saturated carbocycles. The number of nitrogens with one attached hydrogen (secondary N) is 2. The molecule has 8 nitrogen and oxygen atoms in total. The van der Waals surface area contributed by atoms with Gasteiger partial charge in [-0.2, -0.15) is 0 Å².